The normalized spacial score (nSPS) is 16.1. The van der Waals surface area contributed by atoms with Crippen LogP contribution in [0.5, 0.6) is 5.75 Å². The van der Waals surface area contributed by atoms with Crippen LogP contribution < -0.4 is 4.74 Å². The van der Waals surface area contributed by atoms with E-state index in [1.807, 2.05) is 36.4 Å². The SMILES string of the molecule is COc1ccc(-c2noc(CC(=O)N(Cc3ccco3)CC3CCCO3)n2)cc1. The first-order valence-electron chi connectivity index (χ1n) is 9.60. The average molecular weight is 397 g/mol. The lowest BCUT2D eigenvalue weighted by Crippen LogP contribution is -2.37. The van der Waals surface area contributed by atoms with Crippen LogP contribution in [0.15, 0.2) is 51.6 Å². The first-order valence-corrected chi connectivity index (χ1v) is 9.60. The van der Waals surface area contributed by atoms with Crippen LogP contribution in [0.2, 0.25) is 0 Å². The molecule has 1 fully saturated rings. The van der Waals surface area contributed by atoms with Crippen LogP contribution >= 0.6 is 0 Å². The maximum absolute atomic E-state index is 12.9. The van der Waals surface area contributed by atoms with Gasteiger partial charge in [0.1, 0.15) is 17.9 Å². The molecule has 0 spiro atoms. The van der Waals surface area contributed by atoms with Crippen LogP contribution in [0.4, 0.5) is 0 Å². The quantitative estimate of drug-likeness (QED) is 0.577. The second kappa shape index (κ2) is 8.91. The summed E-state index contributed by atoms with van der Waals surface area (Å²) >= 11 is 0. The number of furan rings is 1. The number of ether oxygens (including phenoxy) is 2. The highest BCUT2D eigenvalue weighted by Gasteiger charge is 2.25. The fourth-order valence-electron chi connectivity index (χ4n) is 3.30. The van der Waals surface area contributed by atoms with E-state index in [-0.39, 0.29) is 24.3 Å². The molecule has 0 saturated carbocycles. The van der Waals surface area contributed by atoms with Crippen LogP contribution in [-0.2, 0) is 22.5 Å². The first kappa shape index (κ1) is 19.2. The molecule has 8 nitrogen and oxygen atoms in total. The Labute approximate surface area is 168 Å². The molecule has 1 amide bonds. The van der Waals surface area contributed by atoms with E-state index in [1.165, 1.54) is 0 Å². The van der Waals surface area contributed by atoms with E-state index in [0.29, 0.717) is 18.9 Å². The summed E-state index contributed by atoms with van der Waals surface area (Å²) in [5.41, 5.74) is 0.792. The zero-order valence-electron chi connectivity index (χ0n) is 16.2. The predicted molar refractivity (Wildman–Crippen MR) is 103 cm³/mol. The molecule has 1 aliphatic heterocycles. The Morgan fingerprint density at radius 2 is 2.14 bits per heavy atom. The molecule has 1 atom stereocenters. The number of hydrogen-bond donors (Lipinski definition) is 0. The zero-order chi connectivity index (χ0) is 20.1. The molecule has 0 N–H and O–H groups in total. The summed E-state index contributed by atoms with van der Waals surface area (Å²) < 4.78 is 21.6. The number of aromatic nitrogens is 2. The Kier molecular flexibility index (Phi) is 5.90. The van der Waals surface area contributed by atoms with Crippen LogP contribution in [0, 0.1) is 0 Å². The molecule has 152 valence electrons. The minimum absolute atomic E-state index is 0.0244. The lowest BCUT2D eigenvalue weighted by molar-refractivity contribution is -0.133. The minimum atomic E-state index is -0.109. The molecule has 0 aliphatic carbocycles. The van der Waals surface area contributed by atoms with Crippen molar-refractivity contribution in [3.8, 4) is 17.1 Å². The van der Waals surface area contributed by atoms with Crippen molar-refractivity contribution in [2.24, 2.45) is 0 Å². The van der Waals surface area contributed by atoms with Gasteiger partial charge in [0.25, 0.3) is 0 Å². The van der Waals surface area contributed by atoms with Gasteiger partial charge in [0.15, 0.2) is 0 Å². The van der Waals surface area contributed by atoms with Gasteiger partial charge < -0.3 is 23.3 Å². The van der Waals surface area contributed by atoms with Gasteiger partial charge in [-0.25, -0.2) is 0 Å². The zero-order valence-corrected chi connectivity index (χ0v) is 16.2. The summed E-state index contributed by atoms with van der Waals surface area (Å²) in [6.07, 6.45) is 3.64. The molecule has 1 saturated heterocycles. The predicted octanol–water partition coefficient (Wildman–Crippen LogP) is 3.09. The van der Waals surface area contributed by atoms with E-state index >= 15 is 0 Å². The second-order valence-corrected chi connectivity index (χ2v) is 6.91. The first-order chi connectivity index (χ1) is 14.2. The van der Waals surface area contributed by atoms with Gasteiger partial charge in [-0.2, -0.15) is 4.98 Å². The summed E-state index contributed by atoms with van der Waals surface area (Å²) in [4.78, 5) is 19.0. The number of methoxy groups -OCH3 is 1. The molecule has 4 rings (SSSR count). The van der Waals surface area contributed by atoms with E-state index in [1.54, 1.807) is 18.3 Å². The Bertz CT molecular complexity index is 914. The summed E-state index contributed by atoms with van der Waals surface area (Å²) in [5.74, 6) is 2.07. The van der Waals surface area contributed by atoms with E-state index in [2.05, 4.69) is 10.1 Å². The van der Waals surface area contributed by atoms with E-state index in [4.69, 9.17) is 18.4 Å². The van der Waals surface area contributed by atoms with Crippen molar-refractivity contribution in [2.45, 2.75) is 31.9 Å². The molecular weight excluding hydrogens is 374 g/mol. The largest absolute Gasteiger partial charge is 0.497 e. The van der Waals surface area contributed by atoms with Crippen molar-refractivity contribution >= 4 is 5.91 Å². The number of amides is 1. The molecule has 1 aromatic carbocycles. The van der Waals surface area contributed by atoms with Crippen molar-refractivity contribution in [1.82, 2.24) is 15.0 Å². The maximum Gasteiger partial charge on any atom is 0.236 e. The molecule has 3 heterocycles. The summed E-state index contributed by atoms with van der Waals surface area (Å²) in [6, 6.07) is 11.0. The summed E-state index contributed by atoms with van der Waals surface area (Å²) in [6.45, 7) is 1.63. The topological polar surface area (TPSA) is 90.8 Å². The third-order valence-corrected chi connectivity index (χ3v) is 4.85. The van der Waals surface area contributed by atoms with Gasteiger partial charge in [0, 0.05) is 18.7 Å². The molecular formula is C21H23N3O5. The van der Waals surface area contributed by atoms with Gasteiger partial charge in [-0.05, 0) is 49.2 Å². The molecule has 0 bridgehead atoms. The smallest absolute Gasteiger partial charge is 0.236 e. The maximum atomic E-state index is 12.9. The van der Waals surface area contributed by atoms with E-state index < -0.39 is 0 Å². The van der Waals surface area contributed by atoms with Crippen molar-refractivity contribution in [3.05, 3.63) is 54.3 Å². The van der Waals surface area contributed by atoms with E-state index in [9.17, 15) is 4.79 Å². The fourth-order valence-corrected chi connectivity index (χ4v) is 3.30. The minimum Gasteiger partial charge on any atom is -0.497 e. The summed E-state index contributed by atoms with van der Waals surface area (Å²) in [7, 11) is 1.61. The fraction of sp³-hybridized carbons (Fsp3) is 0.381. The number of carbonyl (C=O) groups excluding carboxylic acids is 1. The molecule has 8 heteroatoms. The van der Waals surface area contributed by atoms with Crippen molar-refractivity contribution in [3.63, 3.8) is 0 Å². The van der Waals surface area contributed by atoms with Crippen LogP contribution in [0.1, 0.15) is 24.5 Å². The monoisotopic (exact) mass is 397 g/mol. The Morgan fingerprint density at radius 3 is 2.83 bits per heavy atom. The number of nitrogens with zero attached hydrogens (tertiary/aromatic N) is 3. The number of carbonyl (C=O) groups is 1. The van der Waals surface area contributed by atoms with Gasteiger partial charge in [-0.15, -0.1) is 0 Å². The second-order valence-electron chi connectivity index (χ2n) is 6.91. The van der Waals surface area contributed by atoms with Crippen molar-refractivity contribution < 1.29 is 23.2 Å². The van der Waals surface area contributed by atoms with Crippen LogP contribution in [0.3, 0.4) is 0 Å². The number of benzene rings is 1. The highest BCUT2D eigenvalue weighted by molar-refractivity contribution is 5.78. The van der Waals surface area contributed by atoms with Gasteiger partial charge in [0.05, 0.1) is 26.0 Å². The molecule has 1 unspecified atom stereocenters. The van der Waals surface area contributed by atoms with Gasteiger partial charge in [-0.1, -0.05) is 5.16 Å². The highest BCUT2D eigenvalue weighted by atomic mass is 16.5. The molecule has 0 radical (unpaired) electrons. The van der Waals surface area contributed by atoms with E-state index in [0.717, 1.165) is 36.5 Å². The third kappa shape index (κ3) is 4.83. The van der Waals surface area contributed by atoms with Crippen molar-refractivity contribution in [1.29, 1.82) is 0 Å². The van der Waals surface area contributed by atoms with Gasteiger partial charge in [0.2, 0.25) is 17.6 Å². The van der Waals surface area contributed by atoms with Crippen LogP contribution in [-0.4, -0.2) is 47.3 Å². The van der Waals surface area contributed by atoms with Gasteiger partial charge >= 0.3 is 0 Å². The highest BCUT2D eigenvalue weighted by Crippen LogP contribution is 2.21. The number of hydrogen-bond acceptors (Lipinski definition) is 7. The standard InChI is InChI=1S/C21H23N3O5/c1-26-16-8-6-15(7-9-16)21-22-19(29-23-21)12-20(25)24(13-17-4-2-10-27-17)14-18-5-3-11-28-18/h2,4,6-10,18H,3,5,11-14H2,1H3. The average Bonchev–Trinajstić information content (AvgIpc) is 3.51. The Hall–Kier alpha value is -3.13. The van der Waals surface area contributed by atoms with Crippen molar-refractivity contribution in [2.75, 3.05) is 20.3 Å². The number of rotatable bonds is 8. The third-order valence-electron chi connectivity index (χ3n) is 4.85. The molecule has 29 heavy (non-hydrogen) atoms. The lowest BCUT2D eigenvalue weighted by Gasteiger charge is -2.24. The molecule has 1 aliphatic rings. The molecule has 3 aromatic rings. The molecule has 2 aromatic heterocycles. The Morgan fingerprint density at radius 1 is 1.28 bits per heavy atom. The summed E-state index contributed by atoms with van der Waals surface area (Å²) in [5, 5.41) is 3.99. The lowest BCUT2D eigenvalue weighted by atomic mass is 10.2. The van der Waals surface area contributed by atoms with Gasteiger partial charge in [-0.3, -0.25) is 4.79 Å². The van der Waals surface area contributed by atoms with Crippen LogP contribution in [0.25, 0.3) is 11.4 Å². The Balaban J connectivity index is 1.44.